The number of alkyl halides is 2. The van der Waals surface area contributed by atoms with Gasteiger partial charge in [-0.15, -0.1) is 0 Å². The molecule has 0 saturated carbocycles. The first-order valence-corrected chi connectivity index (χ1v) is 8.33. The lowest BCUT2D eigenvalue weighted by Crippen LogP contribution is -2.24. The molecule has 0 aliphatic heterocycles. The summed E-state index contributed by atoms with van der Waals surface area (Å²) in [5.41, 5.74) is 2.51. The Bertz CT molecular complexity index is 951. The zero-order valence-corrected chi connectivity index (χ0v) is 14.7. The van der Waals surface area contributed by atoms with Gasteiger partial charge in [0.1, 0.15) is 5.75 Å². The van der Waals surface area contributed by atoms with Crippen LogP contribution in [0.15, 0.2) is 66.9 Å². The molecule has 1 aromatic heterocycles. The molecule has 0 bridgehead atoms. The summed E-state index contributed by atoms with van der Waals surface area (Å²) in [6.07, 6.45) is 4.96. The van der Waals surface area contributed by atoms with E-state index in [1.165, 1.54) is 23.1 Å². The number of hydrogen-bond acceptors (Lipinski definition) is 3. The average molecular weight is 368 g/mol. The Balaban J connectivity index is 1.65. The van der Waals surface area contributed by atoms with Gasteiger partial charge >= 0.3 is 6.61 Å². The molecule has 0 aliphatic rings. The van der Waals surface area contributed by atoms with Gasteiger partial charge < -0.3 is 9.64 Å². The van der Waals surface area contributed by atoms with E-state index < -0.39 is 6.61 Å². The third-order valence-corrected chi connectivity index (χ3v) is 4.01. The van der Waals surface area contributed by atoms with Gasteiger partial charge in [-0.2, -0.15) is 8.78 Å². The Morgan fingerprint density at radius 2 is 1.89 bits per heavy atom. The highest BCUT2D eigenvalue weighted by Crippen LogP contribution is 2.18. The van der Waals surface area contributed by atoms with Crippen molar-refractivity contribution >= 4 is 22.9 Å². The quantitative estimate of drug-likeness (QED) is 0.601. The first-order chi connectivity index (χ1) is 13.0. The minimum Gasteiger partial charge on any atom is -0.435 e. The fourth-order valence-corrected chi connectivity index (χ4v) is 2.68. The highest BCUT2D eigenvalue weighted by molar-refractivity contribution is 5.95. The molecule has 4 nitrogen and oxygen atoms in total. The lowest BCUT2D eigenvalue weighted by atomic mass is 10.1. The Kier molecular flexibility index (Phi) is 5.76. The van der Waals surface area contributed by atoms with E-state index in [4.69, 9.17) is 0 Å². The van der Waals surface area contributed by atoms with E-state index in [1.54, 1.807) is 31.5 Å². The summed E-state index contributed by atoms with van der Waals surface area (Å²) in [7, 11) is 1.68. The largest absolute Gasteiger partial charge is 0.435 e. The smallest absolute Gasteiger partial charge is 0.387 e. The van der Waals surface area contributed by atoms with E-state index in [1.807, 2.05) is 30.3 Å². The van der Waals surface area contributed by atoms with Crippen LogP contribution in [-0.4, -0.2) is 29.5 Å². The van der Waals surface area contributed by atoms with Crippen LogP contribution in [0, 0.1) is 0 Å². The summed E-state index contributed by atoms with van der Waals surface area (Å²) in [5, 5.41) is 1.01. The maximum atomic E-state index is 12.4. The van der Waals surface area contributed by atoms with Crippen molar-refractivity contribution < 1.29 is 18.3 Å². The van der Waals surface area contributed by atoms with Crippen LogP contribution < -0.4 is 4.74 Å². The SMILES string of the molecule is CN(Cc1ccc(OC(F)F)cc1)C(=O)/C=C/c1cccc2cccnc12. The van der Waals surface area contributed by atoms with Crippen molar-refractivity contribution in [3.05, 3.63) is 78.0 Å². The molecule has 0 atom stereocenters. The maximum Gasteiger partial charge on any atom is 0.387 e. The van der Waals surface area contributed by atoms with Gasteiger partial charge in [-0.3, -0.25) is 9.78 Å². The number of fused-ring (bicyclic) bond motifs is 1. The summed E-state index contributed by atoms with van der Waals surface area (Å²) >= 11 is 0. The van der Waals surface area contributed by atoms with Crippen LogP contribution in [0.25, 0.3) is 17.0 Å². The fourth-order valence-electron chi connectivity index (χ4n) is 2.68. The summed E-state index contributed by atoms with van der Waals surface area (Å²) in [4.78, 5) is 18.3. The number of pyridine rings is 1. The number of rotatable bonds is 6. The van der Waals surface area contributed by atoms with Gasteiger partial charge in [0, 0.05) is 36.8 Å². The molecule has 1 amide bonds. The summed E-state index contributed by atoms with van der Waals surface area (Å²) < 4.78 is 28.7. The molecule has 3 rings (SSSR count). The van der Waals surface area contributed by atoms with E-state index in [9.17, 15) is 13.6 Å². The first-order valence-electron chi connectivity index (χ1n) is 8.33. The second-order valence-electron chi connectivity index (χ2n) is 5.97. The van der Waals surface area contributed by atoms with E-state index in [-0.39, 0.29) is 11.7 Å². The topological polar surface area (TPSA) is 42.4 Å². The molecule has 138 valence electrons. The molecule has 0 spiro atoms. The average Bonchev–Trinajstić information content (AvgIpc) is 2.67. The molecular weight excluding hydrogens is 350 g/mol. The third-order valence-electron chi connectivity index (χ3n) is 4.01. The number of carbonyl (C=O) groups is 1. The third kappa shape index (κ3) is 4.88. The highest BCUT2D eigenvalue weighted by atomic mass is 19.3. The normalized spacial score (nSPS) is 11.3. The zero-order valence-electron chi connectivity index (χ0n) is 14.7. The maximum absolute atomic E-state index is 12.4. The van der Waals surface area contributed by atoms with E-state index >= 15 is 0 Å². The molecule has 0 N–H and O–H groups in total. The second-order valence-corrected chi connectivity index (χ2v) is 5.97. The predicted octanol–water partition coefficient (Wildman–Crippen LogP) is 4.51. The lowest BCUT2D eigenvalue weighted by molar-refractivity contribution is -0.125. The first kappa shape index (κ1) is 18.5. The monoisotopic (exact) mass is 368 g/mol. The van der Waals surface area contributed by atoms with Crippen LogP contribution >= 0.6 is 0 Å². The second kappa shape index (κ2) is 8.40. The van der Waals surface area contributed by atoms with Gasteiger partial charge in [0.2, 0.25) is 5.91 Å². The molecule has 1 heterocycles. The van der Waals surface area contributed by atoms with Crippen molar-refractivity contribution in [2.24, 2.45) is 0 Å². The van der Waals surface area contributed by atoms with Crippen molar-refractivity contribution in [2.45, 2.75) is 13.2 Å². The number of nitrogens with zero attached hydrogens (tertiary/aromatic N) is 2. The van der Waals surface area contributed by atoms with E-state index in [2.05, 4.69) is 9.72 Å². The Hall–Kier alpha value is -3.28. The van der Waals surface area contributed by atoms with Gasteiger partial charge in [0.15, 0.2) is 0 Å². The van der Waals surface area contributed by atoms with E-state index in [0.29, 0.717) is 6.54 Å². The number of benzene rings is 2. The molecule has 2 aromatic carbocycles. The van der Waals surface area contributed by atoms with Crippen LogP contribution in [0.4, 0.5) is 8.78 Å². The minimum absolute atomic E-state index is 0.0890. The number of amides is 1. The Morgan fingerprint density at radius 3 is 2.63 bits per heavy atom. The fraction of sp³-hybridized carbons (Fsp3) is 0.143. The van der Waals surface area contributed by atoms with Gasteiger partial charge in [-0.25, -0.2) is 0 Å². The molecule has 0 aliphatic carbocycles. The number of aromatic nitrogens is 1. The Morgan fingerprint density at radius 1 is 1.15 bits per heavy atom. The summed E-state index contributed by atoms with van der Waals surface area (Å²) in [6.45, 7) is -2.50. The van der Waals surface area contributed by atoms with Crippen molar-refractivity contribution in [1.82, 2.24) is 9.88 Å². The number of halogens is 2. The van der Waals surface area contributed by atoms with Crippen molar-refractivity contribution in [3.63, 3.8) is 0 Å². The molecule has 0 saturated heterocycles. The van der Waals surface area contributed by atoms with Crippen molar-refractivity contribution in [2.75, 3.05) is 7.05 Å². The molecule has 27 heavy (non-hydrogen) atoms. The lowest BCUT2D eigenvalue weighted by Gasteiger charge is -2.15. The van der Waals surface area contributed by atoms with Crippen LogP contribution in [0.2, 0.25) is 0 Å². The zero-order chi connectivity index (χ0) is 19.2. The van der Waals surface area contributed by atoms with Crippen LogP contribution in [-0.2, 0) is 11.3 Å². The van der Waals surface area contributed by atoms with Gasteiger partial charge in [0.05, 0.1) is 5.52 Å². The van der Waals surface area contributed by atoms with Gasteiger partial charge in [0.25, 0.3) is 0 Å². The van der Waals surface area contributed by atoms with Crippen LogP contribution in [0.5, 0.6) is 5.75 Å². The standard InChI is InChI=1S/C21H18F2N2O2/c1-25(14-15-7-10-18(11-8-15)27-21(22)23)19(26)12-9-17-5-2-4-16-6-3-13-24-20(16)17/h2-13,21H,14H2,1H3/b12-9+. The molecule has 3 aromatic rings. The predicted molar refractivity (Wildman–Crippen MR) is 100 cm³/mol. The van der Waals surface area contributed by atoms with Crippen LogP contribution in [0.3, 0.4) is 0 Å². The highest BCUT2D eigenvalue weighted by Gasteiger charge is 2.08. The van der Waals surface area contributed by atoms with Crippen LogP contribution in [0.1, 0.15) is 11.1 Å². The van der Waals surface area contributed by atoms with Gasteiger partial charge in [-0.1, -0.05) is 36.4 Å². The number of hydrogen-bond donors (Lipinski definition) is 0. The minimum atomic E-state index is -2.85. The number of carbonyl (C=O) groups excluding carboxylic acids is 1. The molecule has 6 heteroatoms. The molecule has 0 fully saturated rings. The van der Waals surface area contributed by atoms with Crippen molar-refractivity contribution in [1.29, 1.82) is 0 Å². The number of para-hydroxylation sites is 1. The number of likely N-dealkylation sites (N-methyl/N-ethyl adjacent to an activating group) is 1. The van der Waals surface area contributed by atoms with Crippen molar-refractivity contribution in [3.8, 4) is 5.75 Å². The molecule has 0 radical (unpaired) electrons. The van der Waals surface area contributed by atoms with E-state index in [0.717, 1.165) is 22.0 Å². The summed E-state index contributed by atoms with van der Waals surface area (Å²) in [6, 6.07) is 15.8. The Labute approximate surface area is 155 Å². The van der Waals surface area contributed by atoms with Gasteiger partial charge in [-0.05, 0) is 29.8 Å². The molecule has 0 unspecified atom stereocenters. The summed E-state index contributed by atoms with van der Waals surface area (Å²) in [5.74, 6) is -0.0816. The molecular formula is C21H18F2N2O2. The number of ether oxygens (including phenoxy) is 1.